The molecule has 3 aliphatic rings. The summed E-state index contributed by atoms with van der Waals surface area (Å²) in [6.07, 6.45) is 5.92. The molecule has 3 aliphatic heterocycles. The SMILES string of the molecule is N[C@@H](Cc1ccc(C#Cc2ccc(N3CC4CCC(C3)N4CC3CNC3)nc2)cc1)[C@@H](O)CNCc1c(F)cc(-c2cnn(C(F)F)c2)cc1F. The Morgan fingerprint density at radius 3 is 2.24 bits per heavy atom. The molecule has 268 valence electrons. The topological polar surface area (TPSA) is 108 Å². The normalized spacial score (nSPS) is 20.3. The first kappa shape index (κ1) is 35.1. The lowest BCUT2D eigenvalue weighted by Gasteiger charge is -2.44. The summed E-state index contributed by atoms with van der Waals surface area (Å²) in [4.78, 5) is 9.90. The van der Waals surface area contributed by atoms with Crippen molar-refractivity contribution in [3.05, 3.63) is 101 Å². The molecule has 51 heavy (non-hydrogen) atoms. The standard InChI is InChI=1S/C38H42F4N8O/c39-33-12-28(29-17-47-50(21-29)38(41)42)13-34(40)32(33)18-45-19-36(51)35(43)11-25-4-1-24(2-5-25)3-6-26-7-10-37(46-16-26)48-22-30-8-9-31(23-48)49(30)20-27-14-44-15-27/h1-2,4-5,7,10,12-13,16-17,21,27,30-31,35-36,38,44-45,51H,8-9,11,14-15,18-20,22-23,43H2/t30?,31?,35-,36-/m0/s1. The van der Waals surface area contributed by atoms with Crippen LogP contribution in [0.2, 0.25) is 0 Å². The van der Waals surface area contributed by atoms with Crippen molar-refractivity contribution in [2.45, 2.75) is 56.6 Å². The molecule has 5 heterocycles. The average molecular weight is 703 g/mol. The lowest BCUT2D eigenvalue weighted by atomic mass is 10.0. The van der Waals surface area contributed by atoms with Crippen LogP contribution in [0.5, 0.6) is 0 Å². The van der Waals surface area contributed by atoms with E-state index in [0.29, 0.717) is 23.2 Å². The number of aliphatic hydroxyl groups is 1. The number of anilines is 1. The Hall–Kier alpha value is -4.32. The molecule has 4 aromatic rings. The number of aliphatic hydroxyl groups excluding tert-OH is 1. The van der Waals surface area contributed by atoms with Crippen LogP contribution in [0.25, 0.3) is 11.1 Å². The van der Waals surface area contributed by atoms with Crippen molar-refractivity contribution in [2.75, 3.05) is 44.2 Å². The maximum atomic E-state index is 14.7. The highest BCUT2D eigenvalue weighted by Crippen LogP contribution is 2.33. The van der Waals surface area contributed by atoms with Crippen LogP contribution >= 0.6 is 0 Å². The summed E-state index contributed by atoms with van der Waals surface area (Å²) >= 11 is 0. The second-order valence-electron chi connectivity index (χ2n) is 13.8. The zero-order chi connectivity index (χ0) is 35.5. The summed E-state index contributed by atoms with van der Waals surface area (Å²) in [6, 6.07) is 14.5. The van der Waals surface area contributed by atoms with Gasteiger partial charge in [0, 0.05) is 98.6 Å². The predicted octanol–water partition coefficient (Wildman–Crippen LogP) is 3.91. The number of aromatic nitrogens is 3. The van der Waals surface area contributed by atoms with Crippen molar-refractivity contribution in [2.24, 2.45) is 11.7 Å². The van der Waals surface area contributed by atoms with Crippen LogP contribution in [0.4, 0.5) is 23.4 Å². The van der Waals surface area contributed by atoms with Crippen molar-refractivity contribution in [1.82, 2.24) is 30.3 Å². The number of nitrogens with two attached hydrogens (primary N) is 1. The fourth-order valence-corrected chi connectivity index (χ4v) is 7.20. The van der Waals surface area contributed by atoms with Crippen LogP contribution in [0.15, 0.2) is 67.1 Å². The minimum atomic E-state index is -2.85. The van der Waals surface area contributed by atoms with E-state index in [1.807, 2.05) is 36.5 Å². The Morgan fingerprint density at radius 2 is 1.63 bits per heavy atom. The molecule has 2 bridgehead atoms. The van der Waals surface area contributed by atoms with E-state index in [0.717, 1.165) is 79.1 Å². The van der Waals surface area contributed by atoms with Gasteiger partial charge >= 0.3 is 6.55 Å². The van der Waals surface area contributed by atoms with Crippen molar-refractivity contribution in [3.8, 4) is 23.0 Å². The van der Waals surface area contributed by atoms with Gasteiger partial charge in [-0.2, -0.15) is 13.9 Å². The summed E-state index contributed by atoms with van der Waals surface area (Å²) in [7, 11) is 0. The molecule has 4 atom stereocenters. The Kier molecular flexibility index (Phi) is 10.7. The molecule has 2 aromatic heterocycles. The molecule has 7 rings (SSSR count). The Labute approximate surface area is 294 Å². The number of fused-ring (bicyclic) bond motifs is 2. The van der Waals surface area contributed by atoms with Gasteiger partial charge in [-0.25, -0.2) is 18.4 Å². The third kappa shape index (κ3) is 8.27. The second-order valence-corrected chi connectivity index (χ2v) is 13.8. The van der Waals surface area contributed by atoms with Gasteiger partial charge in [0.15, 0.2) is 0 Å². The van der Waals surface area contributed by atoms with Crippen LogP contribution < -0.4 is 21.3 Å². The first-order chi connectivity index (χ1) is 24.7. The van der Waals surface area contributed by atoms with E-state index in [-0.39, 0.29) is 29.8 Å². The van der Waals surface area contributed by atoms with Gasteiger partial charge in [-0.05, 0) is 72.7 Å². The molecule has 2 unspecified atom stereocenters. The molecule has 13 heteroatoms. The third-order valence-electron chi connectivity index (χ3n) is 10.2. The molecule has 9 nitrogen and oxygen atoms in total. The summed E-state index contributed by atoms with van der Waals surface area (Å²) in [5.41, 5.74) is 8.87. The van der Waals surface area contributed by atoms with E-state index < -0.39 is 30.3 Å². The predicted molar refractivity (Wildman–Crippen MR) is 187 cm³/mol. The van der Waals surface area contributed by atoms with Gasteiger partial charge in [-0.3, -0.25) is 4.90 Å². The Bertz CT molecular complexity index is 1820. The third-order valence-corrected chi connectivity index (χ3v) is 10.2. The number of piperazine rings is 1. The molecule has 0 radical (unpaired) electrons. The average Bonchev–Trinajstić information content (AvgIpc) is 3.69. The minimum Gasteiger partial charge on any atom is -0.390 e. The van der Waals surface area contributed by atoms with E-state index in [1.165, 1.54) is 19.4 Å². The number of hydrogen-bond acceptors (Lipinski definition) is 8. The molecule has 2 aromatic carbocycles. The number of rotatable bonds is 12. The fourth-order valence-electron chi connectivity index (χ4n) is 7.20. The fraction of sp³-hybridized carbons (Fsp3) is 0.421. The zero-order valence-electron chi connectivity index (χ0n) is 28.2. The highest BCUT2D eigenvalue weighted by atomic mass is 19.3. The summed E-state index contributed by atoms with van der Waals surface area (Å²) in [5, 5.41) is 20.4. The van der Waals surface area contributed by atoms with E-state index in [4.69, 9.17) is 10.7 Å². The van der Waals surface area contributed by atoms with Crippen molar-refractivity contribution in [1.29, 1.82) is 0 Å². The van der Waals surface area contributed by atoms with E-state index >= 15 is 0 Å². The van der Waals surface area contributed by atoms with Crippen LogP contribution in [-0.4, -0.2) is 88.3 Å². The summed E-state index contributed by atoms with van der Waals surface area (Å²) < 4.78 is 55.5. The summed E-state index contributed by atoms with van der Waals surface area (Å²) in [5.74, 6) is 6.51. The number of nitrogens with zero attached hydrogens (tertiary/aromatic N) is 5. The molecule has 5 N–H and O–H groups in total. The molecule has 0 spiro atoms. The van der Waals surface area contributed by atoms with Crippen LogP contribution in [-0.2, 0) is 13.0 Å². The largest absolute Gasteiger partial charge is 0.390 e. The molecule has 3 fully saturated rings. The quantitative estimate of drug-likeness (QED) is 0.130. The summed E-state index contributed by atoms with van der Waals surface area (Å²) in [6.45, 7) is 2.52. The van der Waals surface area contributed by atoms with Gasteiger partial charge < -0.3 is 26.4 Å². The first-order valence-electron chi connectivity index (χ1n) is 17.4. The van der Waals surface area contributed by atoms with Gasteiger partial charge in [-0.1, -0.05) is 24.0 Å². The number of benzene rings is 2. The number of nitrogens with one attached hydrogen (secondary N) is 2. The van der Waals surface area contributed by atoms with E-state index in [2.05, 4.69) is 43.4 Å². The van der Waals surface area contributed by atoms with Crippen molar-refractivity contribution >= 4 is 5.82 Å². The molecule has 3 saturated heterocycles. The highest BCUT2D eigenvalue weighted by molar-refractivity contribution is 5.62. The molecule has 0 saturated carbocycles. The number of hydrogen-bond donors (Lipinski definition) is 4. The second kappa shape index (κ2) is 15.5. The first-order valence-corrected chi connectivity index (χ1v) is 17.4. The minimum absolute atomic E-state index is 0.00897. The van der Waals surface area contributed by atoms with Crippen molar-refractivity contribution in [3.63, 3.8) is 0 Å². The maximum absolute atomic E-state index is 14.7. The lowest BCUT2D eigenvalue weighted by Crippen LogP contribution is -2.58. The maximum Gasteiger partial charge on any atom is 0.333 e. The van der Waals surface area contributed by atoms with Gasteiger partial charge in [-0.15, -0.1) is 0 Å². The van der Waals surface area contributed by atoms with E-state index in [1.54, 1.807) is 0 Å². The monoisotopic (exact) mass is 702 g/mol. The van der Waals surface area contributed by atoms with Crippen LogP contribution in [0.1, 0.15) is 41.6 Å². The molecular formula is C38H42F4N8O. The van der Waals surface area contributed by atoms with Gasteiger partial charge in [0.25, 0.3) is 0 Å². The molecule has 0 amide bonds. The lowest BCUT2D eigenvalue weighted by molar-refractivity contribution is 0.0566. The van der Waals surface area contributed by atoms with Gasteiger partial charge in [0.05, 0.1) is 12.3 Å². The van der Waals surface area contributed by atoms with Crippen molar-refractivity contribution < 1.29 is 22.7 Å². The van der Waals surface area contributed by atoms with Gasteiger partial charge in [0.2, 0.25) is 0 Å². The Balaban J connectivity index is 0.864. The smallest absolute Gasteiger partial charge is 0.333 e. The Morgan fingerprint density at radius 1 is 0.941 bits per heavy atom. The van der Waals surface area contributed by atoms with E-state index in [9.17, 15) is 22.7 Å². The van der Waals surface area contributed by atoms with Crippen LogP contribution in [0, 0.1) is 29.4 Å². The highest BCUT2D eigenvalue weighted by Gasteiger charge is 2.41. The van der Waals surface area contributed by atoms with Crippen LogP contribution in [0.3, 0.4) is 0 Å². The number of pyridine rings is 1. The zero-order valence-corrected chi connectivity index (χ0v) is 28.2. The number of halogens is 4. The molecular weight excluding hydrogens is 660 g/mol. The van der Waals surface area contributed by atoms with Gasteiger partial charge in [0.1, 0.15) is 17.5 Å². The molecule has 0 aliphatic carbocycles. The number of alkyl halides is 2.